The molecule has 3 aromatic heterocycles. The Morgan fingerprint density at radius 1 is 1.11 bits per heavy atom. The first kappa shape index (κ1) is 10.9. The summed E-state index contributed by atoms with van der Waals surface area (Å²) in [5.41, 5.74) is 3.32. The number of nitrogens with zero attached hydrogens (tertiary/aromatic N) is 4. The van der Waals surface area contributed by atoms with Crippen molar-refractivity contribution in [1.82, 2.24) is 19.6 Å². The molecule has 3 rings (SSSR count). The second-order valence-corrected chi connectivity index (χ2v) is 4.14. The average Bonchev–Trinajstić information content (AvgIpc) is 2.82. The van der Waals surface area contributed by atoms with E-state index < -0.39 is 6.10 Å². The van der Waals surface area contributed by atoms with Crippen molar-refractivity contribution in [3.8, 4) is 0 Å². The molecule has 0 aromatic carbocycles. The van der Waals surface area contributed by atoms with Gasteiger partial charge < -0.3 is 5.11 Å². The van der Waals surface area contributed by atoms with Crippen LogP contribution in [0.25, 0.3) is 5.52 Å². The number of aliphatic hydroxyl groups excluding tert-OH is 1. The lowest BCUT2D eigenvalue weighted by Crippen LogP contribution is -2.02. The Bertz CT molecular complexity index is 692. The second-order valence-electron chi connectivity index (χ2n) is 4.14. The molecule has 0 saturated heterocycles. The van der Waals surface area contributed by atoms with Gasteiger partial charge in [-0.2, -0.15) is 5.10 Å². The Kier molecular flexibility index (Phi) is 2.53. The third kappa shape index (κ3) is 1.65. The van der Waals surface area contributed by atoms with Crippen LogP contribution in [0.5, 0.6) is 0 Å². The summed E-state index contributed by atoms with van der Waals surface area (Å²) < 4.78 is 1.69. The first-order valence-corrected chi connectivity index (χ1v) is 5.63. The van der Waals surface area contributed by atoms with Crippen molar-refractivity contribution in [2.75, 3.05) is 0 Å². The lowest BCUT2D eigenvalue weighted by molar-refractivity contribution is 0.220. The standard InChI is InChI=1S/C13H12N4O/c1-9-2-3-14-6-10(9)13(18)11-7-16-17-5-4-15-8-12(11)17/h2-8,13,18H,1H3. The van der Waals surface area contributed by atoms with Crippen molar-refractivity contribution in [3.05, 3.63) is 59.9 Å². The Hall–Kier alpha value is -2.27. The molecule has 0 amide bonds. The maximum Gasteiger partial charge on any atom is 0.109 e. The van der Waals surface area contributed by atoms with Crippen LogP contribution in [0.3, 0.4) is 0 Å². The van der Waals surface area contributed by atoms with Crippen molar-refractivity contribution in [2.45, 2.75) is 13.0 Å². The van der Waals surface area contributed by atoms with E-state index in [4.69, 9.17) is 0 Å². The summed E-state index contributed by atoms with van der Waals surface area (Å²) in [6, 6.07) is 1.88. The molecule has 0 aliphatic carbocycles. The number of fused-ring (bicyclic) bond motifs is 1. The van der Waals surface area contributed by atoms with Crippen molar-refractivity contribution in [3.63, 3.8) is 0 Å². The summed E-state index contributed by atoms with van der Waals surface area (Å²) in [5.74, 6) is 0. The molecule has 0 spiro atoms. The highest BCUT2D eigenvalue weighted by Gasteiger charge is 2.17. The first-order valence-electron chi connectivity index (χ1n) is 5.63. The van der Waals surface area contributed by atoms with E-state index in [-0.39, 0.29) is 0 Å². The van der Waals surface area contributed by atoms with Crippen LogP contribution in [-0.4, -0.2) is 24.7 Å². The maximum absolute atomic E-state index is 10.4. The summed E-state index contributed by atoms with van der Waals surface area (Å²) in [6.45, 7) is 1.95. The highest BCUT2D eigenvalue weighted by molar-refractivity contribution is 5.55. The van der Waals surface area contributed by atoms with Gasteiger partial charge >= 0.3 is 0 Å². The van der Waals surface area contributed by atoms with Crippen molar-refractivity contribution >= 4 is 5.52 Å². The van der Waals surface area contributed by atoms with E-state index in [9.17, 15) is 5.11 Å². The smallest absolute Gasteiger partial charge is 0.109 e. The molecule has 0 saturated carbocycles. The molecule has 18 heavy (non-hydrogen) atoms. The summed E-state index contributed by atoms with van der Waals surface area (Å²) >= 11 is 0. The van der Waals surface area contributed by atoms with E-state index in [2.05, 4.69) is 15.1 Å². The molecule has 1 unspecified atom stereocenters. The zero-order valence-electron chi connectivity index (χ0n) is 9.85. The molecule has 0 radical (unpaired) electrons. The minimum absolute atomic E-state index is 0.735. The van der Waals surface area contributed by atoms with Crippen LogP contribution >= 0.6 is 0 Å². The van der Waals surface area contributed by atoms with Gasteiger partial charge in [0.25, 0.3) is 0 Å². The predicted molar refractivity (Wildman–Crippen MR) is 66.0 cm³/mol. The minimum atomic E-state index is -0.736. The molecular formula is C13H12N4O. The molecule has 5 nitrogen and oxygen atoms in total. The van der Waals surface area contributed by atoms with Crippen LogP contribution in [0.15, 0.2) is 43.2 Å². The van der Waals surface area contributed by atoms with E-state index in [1.54, 1.807) is 41.7 Å². The van der Waals surface area contributed by atoms with Crippen LogP contribution in [0.4, 0.5) is 0 Å². The molecule has 0 aliphatic rings. The summed E-state index contributed by atoms with van der Waals surface area (Å²) in [5, 5.41) is 14.6. The number of aromatic nitrogens is 4. The average molecular weight is 240 g/mol. The molecule has 90 valence electrons. The van der Waals surface area contributed by atoms with E-state index in [1.165, 1.54) is 0 Å². The first-order chi connectivity index (χ1) is 8.77. The molecule has 0 bridgehead atoms. The number of rotatable bonds is 2. The van der Waals surface area contributed by atoms with Gasteiger partial charge in [-0.3, -0.25) is 9.97 Å². The number of pyridine rings is 1. The molecule has 5 heteroatoms. The molecule has 1 atom stereocenters. The topological polar surface area (TPSA) is 63.3 Å². The third-order valence-corrected chi connectivity index (χ3v) is 3.02. The molecule has 0 fully saturated rings. The quantitative estimate of drug-likeness (QED) is 0.737. The van der Waals surface area contributed by atoms with Crippen molar-refractivity contribution in [2.24, 2.45) is 0 Å². The number of hydrogen-bond donors (Lipinski definition) is 1. The molecule has 0 aliphatic heterocycles. The number of hydrogen-bond acceptors (Lipinski definition) is 4. The van der Waals surface area contributed by atoms with Gasteiger partial charge in [0, 0.05) is 35.9 Å². The lowest BCUT2D eigenvalue weighted by Gasteiger charge is -2.11. The highest BCUT2D eigenvalue weighted by atomic mass is 16.3. The second kappa shape index (κ2) is 4.19. The molecule has 1 N–H and O–H groups in total. The molecular weight excluding hydrogens is 228 g/mol. The Balaban J connectivity index is 2.13. The molecule has 3 aromatic rings. The molecule has 3 heterocycles. The van der Waals surface area contributed by atoms with Crippen LogP contribution in [0.1, 0.15) is 22.8 Å². The van der Waals surface area contributed by atoms with Gasteiger partial charge in [0.2, 0.25) is 0 Å². The SMILES string of the molecule is Cc1ccncc1C(O)c1cnn2ccncc12. The fourth-order valence-corrected chi connectivity index (χ4v) is 1.99. The minimum Gasteiger partial charge on any atom is -0.383 e. The zero-order valence-corrected chi connectivity index (χ0v) is 9.85. The summed E-state index contributed by atoms with van der Waals surface area (Å²) in [7, 11) is 0. The summed E-state index contributed by atoms with van der Waals surface area (Å²) in [6.07, 6.45) is 9.42. The van der Waals surface area contributed by atoms with Crippen LogP contribution < -0.4 is 0 Å². The Morgan fingerprint density at radius 3 is 2.78 bits per heavy atom. The van der Waals surface area contributed by atoms with Gasteiger partial charge in [-0.05, 0) is 18.6 Å². The van der Waals surface area contributed by atoms with Gasteiger partial charge in [-0.25, -0.2) is 4.52 Å². The zero-order chi connectivity index (χ0) is 12.5. The third-order valence-electron chi connectivity index (χ3n) is 3.02. The fraction of sp³-hybridized carbons (Fsp3) is 0.154. The van der Waals surface area contributed by atoms with E-state index in [1.807, 2.05) is 13.0 Å². The van der Waals surface area contributed by atoms with Gasteiger partial charge in [0.1, 0.15) is 6.10 Å². The lowest BCUT2D eigenvalue weighted by atomic mass is 10.0. The van der Waals surface area contributed by atoms with Crippen LogP contribution in [0.2, 0.25) is 0 Å². The highest BCUT2D eigenvalue weighted by Crippen LogP contribution is 2.26. The summed E-state index contributed by atoms with van der Waals surface area (Å²) in [4.78, 5) is 8.11. The van der Waals surface area contributed by atoms with Gasteiger partial charge in [0.05, 0.1) is 17.9 Å². The van der Waals surface area contributed by atoms with E-state index >= 15 is 0 Å². The Labute approximate surface area is 104 Å². The van der Waals surface area contributed by atoms with Crippen molar-refractivity contribution < 1.29 is 5.11 Å². The fourth-order valence-electron chi connectivity index (χ4n) is 1.99. The maximum atomic E-state index is 10.4. The monoisotopic (exact) mass is 240 g/mol. The number of aryl methyl sites for hydroxylation is 1. The van der Waals surface area contributed by atoms with Crippen molar-refractivity contribution in [1.29, 1.82) is 0 Å². The van der Waals surface area contributed by atoms with Gasteiger partial charge in [-0.15, -0.1) is 0 Å². The normalized spacial score (nSPS) is 12.8. The predicted octanol–water partition coefficient (Wildman–Crippen LogP) is 1.51. The largest absolute Gasteiger partial charge is 0.383 e. The van der Waals surface area contributed by atoms with Gasteiger partial charge in [0.15, 0.2) is 0 Å². The van der Waals surface area contributed by atoms with E-state index in [0.717, 1.165) is 22.2 Å². The van der Waals surface area contributed by atoms with E-state index in [0.29, 0.717) is 0 Å². The van der Waals surface area contributed by atoms with Crippen LogP contribution in [0, 0.1) is 6.92 Å². The Morgan fingerprint density at radius 2 is 1.94 bits per heavy atom. The van der Waals surface area contributed by atoms with Crippen LogP contribution in [-0.2, 0) is 0 Å². The van der Waals surface area contributed by atoms with Gasteiger partial charge in [-0.1, -0.05) is 0 Å². The number of aliphatic hydroxyl groups is 1.